The van der Waals surface area contributed by atoms with Crippen LogP contribution in [-0.2, 0) is 0 Å². The second-order valence-electron chi connectivity index (χ2n) is 4.41. The van der Waals surface area contributed by atoms with Crippen LogP contribution in [0.25, 0.3) is 15.7 Å². The van der Waals surface area contributed by atoms with Gasteiger partial charge in [-0.3, -0.25) is 4.98 Å². The highest BCUT2D eigenvalue weighted by molar-refractivity contribution is 7.19. The minimum Gasteiger partial charge on any atom is -0.397 e. The number of hydrogen-bond acceptors (Lipinski definition) is 6. The Morgan fingerprint density at radius 2 is 2.17 bits per heavy atom. The molecule has 3 heterocycles. The largest absolute Gasteiger partial charge is 0.397 e. The summed E-state index contributed by atoms with van der Waals surface area (Å²) in [4.78, 5) is 5.10. The molecular weight excluding hydrogens is 248 g/mol. The zero-order valence-corrected chi connectivity index (χ0v) is 10.3. The van der Waals surface area contributed by atoms with Gasteiger partial charge in [-0.15, -0.1) is 10.2 Å². The number of nitrogens with zero attached hydrogens (tertiary/aromatic N) is 5. The van der Waals surface area contributed by atoms with Crippen molar-refractivity contribution in [2.45, 2.75) is 18.8 Å². The van der Waals surface area contributed by atoms with E-state index in [9.17, 15) is 0 Å². The van der Waals surface area contributed by atoms with Gasteiger partial charge in [0.1, 0.15) is 5.69 Å². The number of aromatic nitrogens is 5. The van der Waals surface area contributed by atoms with Crippen molar-refractivity contribution in [3.05, 3.63) is 24.2 Å². The van der Waals surface area contributed by atoms with Gasteiger partial charge in [0, 0.05) is 5.92 Å². The maximum Gasteiger partial charge on any atom is 0.235 e. The van der Waals surface area contributed by atoms with Crippen molar-refractivity contribution in [3.63, 3.8) is 0 Å². The summed E-state index contributed by atoms with van der Waals surface area (Å²) in [6, 6.07) is 3.70. The normalized spacial score (nSPS) is 15.3. The van der Waals surface area contributed by atoms with Gasteiger partial charge in [0.25, 0.3) is 0 Å². The smallest absolute Gasteiger partial charge is 0.235 e. The van der Waals surface area contributed by atoms with E-state index in [4.69, 9.17) is 5.73 Å². The van der Waals surface area contributed by atoms with E-state index in [1.165, 1.54) is 24.2 Å². The van der Waals surface area contributed by atoms with Gasteiger partial charge in [-0.2, -0.15) is 9.61 Å². The number of rotatable bonds is 2. The predicted octanol–water partition coefficient (Wildman–Crippen LogP) is 1.71. The van der Waals surface area contributed by atoms with E-state index in [1.54, 1.807) is 6.20 Å². The molecule has 0 bridgehead atoms. The summed E-state index contributed by atoms with van der Waals surface area (Å²) in [6.45, 7) is 0. The topological polar surface area (TPSA) is 82.0 Å². The van der Waals surface area contributed by atoms with E-state index in [0.717, 1.165) is 21.5 Å². The summed E-state index contributed by atoms with van der Waals surface area (Å²) < 4.78 is 1.84. The summed E-state index contributed by atoms with van der Waals surface area (Å²) in [5.41, 5.74) is 7.10. The molecule has 3 aromatic rings. The molecule has 0 saturated heterocycles. The zero-order chi connectivity index (χ0) is 12.1. The Morgan fingerprint density at radius 3 is 2.89 bits per heavy atom. The first-order valence-electron chi connectivity index (χ1n) is 5.75. The average Bonchev–Trinajstić information content (AvgIpc) is 3.00. The monoisotopic (exact) mass is 258 g/mol. The third kappa shape index (κ3) is 1.47. The maximum atomic E-state index is 5.62. The minimum atomic E-state index is 0.536. The summed E-state index contributed by atoms with van der Waals surface area (Å²) in [6.07, 6.45) is 4.01. The van der Waals surface area contributed by atoms with E-state index in [0.29, 0.717) is 11.6 Å². The molecule has 4 rings (SSSR count). The first kappa shape index (κ1) is 9.95. The van der Waals surface area contributed by atoms with E-state index in [2.05, 4.69) is 20.3 Å². The Hall–Kier alpha value is -2.02. The molecule has 6 nitrogen and oxygen atoms in total. The fourth-order valence-corrected chi connectivity index (χ4v) is 2.69. The predicted molar refractivity (Wildman–Crippen MR) is 68.3 cm³/mol. The fraction of sp³-hybridized carbons (Fsp3) is 0.273. The number of nitrogens with two attached hydrogens (primary N) is 1. The molecule has 1 fully saturated rings. The molecule has 0 radical (unpaired) electrons. The summed E-state index contributed by atoms with van der Waals surface area (Å²) >= 11 is 1.50. The Kier molecular flexibility index (Phi) is 1.93. The van der Waals surface area contributed by atoms with Crippen molar-refractivity contribution < 1.29 is 0 Å². The molecule has 0 aliphatic heterocycles. The number of fused-ring (bicyclic) bond motifs is 1. The lowest BCUT2D eigenvalue weighted by Gasteiger charge is -1.95. The highest BCUT2D eigenvalue weighted by Crippen LogP contribution is 2.39. The third-order valence-electron chi connectivity index (χ3n) is 2.96. The highest BCUT2D eigenvalue weighted by atomic mass is 32.1. The lowest BCUT2D eigenvalue weighted by molar-refractivity contribution is 0.827. The van der Waals surface area contributed by atoms with Crippen LogP contribution in [0.4, 0.5) is 5.69 Å². The molecule has 0 atom stereocenters. The Balaban J connectivity index is 1.83. The van der Waals surface area contributed by atoms with Crippen molar-refractivity contribution >= 4 is 22.0 Å². The van der Waals surface area contributed by atoms with Crippen LogP contribution in [0.2, 0.25) is 0 Å². The molecule has 1 aliphatic rings. The van der Waals surface area contributed by atoms with Crippen LogP contribution in [0, 0.1) is 0 Å². The molecule has 0 aromatic carbocycles. The van der Waals surface area contributed by atoms with Gasteiger partial charge in [0.2, 0.25) is 4.96 Å². The average molecular weight is 258 g/mol. The number of hydrogen-bond donors (Lipinski definition) is 1. The molecule has 3 aromatic heterocycles. The second kappa shape index (κ2) is 3.49. The van der Waals surface area contributed by atoms with Gasteiger partial charge in [0.15, 0.2) is 10.8 Å². The van der Waals surface area contributed by atoms with Crippen molar-refractivity contribution in [1.29, 1.82) is 0 Å². The van der Waals surface area contributed by atoms with Gasteiger partial charge < -0.3 is 5.73 Å². The number of anilines is 1. The molecule has 18 heavy (non-hydrogen) atoms. The molecule has 1 aliphatic carbocycles. The van der Waals surface area contributed by atoms with E-state index >= 15 is 0 Å². The fourth-order valence-electron chi connectivity index (χ4n) is 1.86. The van der Waals surface area contributed by atoms with Crippen LogP contribution < -0.4 is 5.73 Å². The van der Waals surface area contributed by atoms with Crippen LogP contribution in [0.5, 0.6) is 0 Å². The quantitative estimate of drug-likeness (QED) is 0.756. The maximum absolute atomic E-state index is 5.62. The third-order valence-corrected chi connectivity index (χ3v) is 3.88. The van der Waals surface area contributed by atoms with E-state index in [1.807, 2.05) is 16.6 Å². The van der Waals surface area contributed by atoms with Gasteiger partial charge in [-0.25, -0.2) is 0 Å². The van der Waals surface area contributed by atoms with Gasteiger partial charge in [-0.05, 0) is 25.0 Å². The van der Waals surface area contributed by atoms with Gasteiger partial charge in [0.05, 0.1) is 11.9 Å². The molecule has 7 heteroatoms. The standard InChI is InChI=1S/C11H10N6S/c12-7-3-4-8(13-5-7)10-16-17-9(6-1-2-6)14-15-11(17)18-10/h3-6H,1-2,12H2. The van der Waals surface area contributed by atoms with E-state index < -0.39 is 0 Å². The van der Waals surface area contributed by atoms with Crippen molar-refractivity contribution in [2.75, 3.05) is 5.73 Å². The summed E-state index contributed by atoms with van der Waals surface area (Å²) in [5, 5.41) is 13.7. The van der Waals surface area contributed by atoms with Crippen molar-refractivity contribution in [2.24, 2.45) is 0 Å². The Bertz CT molecular complexity index is 709. The van der Waals surface area contributed by atoms with Crippen LogP contribution >= 0.6 is 11.3 Å². The zero-order valence-electron chi connectivity index (χ0n) is 9.45. The molecule has 0 unspecified atom stereocenters. The summed E-state index contributed by atoms with van der Waals surface area (Å²) in [7, 11) is 0. The van der Waals surface area contributed by atoms with Crippen LogP contribution in [0.15, 0.2) is 18.3 Å². The Labute approximate surface area is 106 Å². The second-order valence-corrected chi connectivity index (χ2v) is 5.37. The number of pyridine rings is 1. The van der Waals surface area contributed by atoms with Crippen LogP contribution in [0.3, 0.4) is 0 Å². The molecular formula is C11H10N6S. The molecule has 0 amide bonds. The van der Waals surface area contributed by atoms with Gasteiger partial charge >= 0.3 is 0 Å². The van der Waals surface area contributed by atoms with Crippen molar-refractivity contribution in [1.82, 2.24) is 24.8 Å². The summed E-state index contributed by atoms with van der Waals surface area (Å²) in [5.74, 6) is 1.51. The molecule has 0 spiro atoms. The first-order valence-corrected chi connectivity index (χ1v) is 6.57. The van der Waals surface area contributed by atoms with Gasteiger partial charge in [-0.1, -0.05) is 11.3 Å². The minimum absolute atomic E-state index is 0.536. The highest BCUT2D eigenvalue weighted by Gasteiger charge is 2.30. The number of nitrogen functional groups attached to an aromatic ring is 1. The lowest BCUT2D eigenvalue weighted by atomic mass is 10.3. The SMILES string of the molecule is Nc1ccc(-c2nn3c(C4CC4)nnc3s2)nc1. The van der Waals surface area contributed by atoms with E-state index in [-0.39, 0.29) is 0 Å². The van der Waals surface area contributed by atoms with Crippen LogP contribution in [0.1, 0.15) is 24.6 Å². The Morgan fingerprint density at radius 1 is 1.28 bits per heavy atom. The van der Waals surface area contributed by atoms with Crippen LogP contribution in [-0.4, -0.2) is 24.8 Å². The molecule has 1 saturated carbocycles. The molecule has 2 N–H and O–H groups in total. The first-order chi connectivity index (χ1) is 8.81. The van der Waals surface area contributed by atoms with Crippen molar-refractivity contribution in [3.8, 4) is 10.7 Å². The lowest BCUT2D eigenvalue weighted by Crippen LogP contribution is -1.94. The molecule has 90 valence electrons.